The van der Waals surface area contributed by atoms with Crippen molar-refractivity contribution in [2.24, 2.45) is 0 Å². The highest BCUT2D eigenvalue weighted by Gasteiger charge is 2.25. The van der Waals surface area contributed by atoms with Gasteiger partial charge in [0.1, 0.15) is 11.6 Å². The summed E-state index contributed by atoms with van der Waals surface area (Å²) in [5.41, 5.74) is 7.94. The highest BCUT2D eigenvalue weighted by molar-refractivity contribution is 6.20. The van der Waals surface area contributed by atoms with Crippen LogP contribution in [0.4, 0.5) is 11.5 Å². The molecule has 0 saturated heterocycles. The Morgan fingerprint density at radius 3 is 2.21 bits per heavy atom. The van der Waals surface area contributed by atoms with Crippen molar-refractivity contribution < 1.29 is 23.8 Å². The lowest BCUT2D eigenvalue weighted by Gasteiger charge is -2.11. The van der Waals surface area contributed by atoms with Crippen molar-refractivity contribution in [2.45, 2.75) is 0 Å². The molecule has 3 N–H and O–H groups in total. The van der Waals surface area contributed by atoms with E-state index in [0.29, 0.717) is 39.4 Å². The molecule has 0 aliphatic heterocycles. The van der Waals surface area contributed by atoms with Gasteiger partial charge >= 0.3 is 0 Å². The molecule has 0 saturated carbocycles. The van der Waals surface area contributed by atoms with Crippen molar-refractivity contribution in [3.05, 3.63) is 77.9 Å². The summed E-state index contributed by atoms with van der Waals surface area (Å²) in [6.07, 6.45) is 0. The fraction of sp³-hybridized carbons (Fsp3) is 0.120. The van der Waals surface area contributed by atoms with E-state index in [1.54, 1.807) is 66.7 Å². The number of para-hydroxylation sites is 3. The quantitative estimate of drug-likeness (QED) is 0.461. The highest BCUT2D eigenvalue weighted by atomic mass is 16.5. The van der Waals surface area contributed by atoms with E-state index in [1.165, 1.54) is 25.9 Å². The third kappa shape index (κ3) is 3.82. The Morgan fingerprint density at radius 1 is 0.818 bits per heavy atom. The third-order valence-corrected chi connectivity index (χ3v) is 5.33. The number of benzene rings is 3. The molecule has 0 unspecified atom stereocenters. The van der Waals surface area contributed by atoms with Crippen molar-refractivity contribution in [1.82, 2.24) is 4.57 Å². The van der Waals surface area contributed by atoms with E-state index in [1.807, 2.05) is 0 Å². The second-order valence-electron chi connectivity index (χ2n) is 7.14. The van der Waals surface area contributed by atoms with Crippen LogP contribution in [-0.4, -0.2) is 37.7 Å². The molecular formula is C25H23N3O5. The number of anilines is 2. The molecule has 0 radical (unpaired) electrons. The number of carbonyl (C=O) groups excluding carboxylic acids is 2. The van der Waals surface area contributed by atoms with Gasteiger partial charge in [0.05, 0.1) is 38.1 Å². The third-order valence-electron chi connectivity index (χ3n) is 5.33. The van der Waals surface area contributed by atoms with Gasteiger partial charge in [-0.1, -0.05) is 30.3 Å². The van der Waals surface area contributed by atoms with Crippen molar-refractivity contribution >= 4 is 34.2 Å². The van der Waals surface area contributed by atoms with Gasteiger partial charge in [0.15, 0.2) is 11.5 Å². The lowest BCUT2D eigenvalue weighted by molar-refractivity contribution is 0.0967. The number of aromatic nitrogens is 1. The first-order chi connectivity index (χ1) is 16.0. The van der Waals surface area contributed by atoms with E-state index in [4.69, 9.17) is 19.9 Å². The summed E-state index contributed by atoms with van der Waals surface area (Å²) in [4.78, 5) is 26.7. The van der Waals surface area contributed by atoms with Crippen molar-refractivity contribution in [3.8, 4) is 17.2 Å². The van der Waals surface area contributed by atoms with Crippen molar-refractivity contribution in [3.63, 3.8) is 0 Å². The Balaban J connectivity index is 1.81. The molecule has 0 spiro atoms. The van der Waals surface area contributed by atoms with E-state index >= 15 is 0 Å². The molecule has 1 heterocycles. The lowest BCUT2D eigenvalue weighted by Crippen LogP contribution is -2.18. The molecule has 0 aliphatic rings. The smallest absolute Gasteiger partial charge is 0.264 e. The van der Waals surface area contributed by atoms with Gasteiger partial charge in [-0.2, -0.15) is 0 Å². The molecule has 0 aliphatic carbocycles. The maximum absolute atomic E-state index is 13.5. The molecule has 0 bridgehead atoms. The molecule has 3 aromatic carbocycles. The number of nitrogens with zero attached hydrogens (tertiary/aromatic N) is 1. The molecule has 33 heavy (non-hydrogen) atoms. The first-order valence-electron chi connectivity index (χ1n) is 10.1. The van der Waals surface area contributed by atoms with Gasteiger partial charge in [-0.25, -0.2) is 0 Å². The first-order valence-corrected chi connectivity index (χ1v) is 10.1. The zero-order valence-corrected chi connectivity index (χ0v) is 18.4. The number of methoxy groups -OCH3 is 3. The Kier molecular flexibility index (Phi) is 5.91. The monoisotopic (exact) mass is 445 g/mol. The molecule has 4 aromatic rings. The summed E-state index contributed by atoms with van der Waals surface area (Å²) in [6.45, 7) is 0. The van der Waals surface area contributed by atoms with Crippen molar-refractivity contribution in [2.75, 3.05) is 32.4 Å². The first kappa shape index (κ1) is 21.8. The van der Waals surface area contributed by atoms with Crippen LogP contribution in [0.3, 0.4) is 0 Å². The van der Waals surface area contributed by atoms with Gasteiger partial charge in [-0.3, -0.25) is 14.2 Å². The summed E-state index contributed by atoms with van der Waals surface area (Å²) in [5, 5.41) is 3.38. The van der Waals surface area contributed by atoms with Gasteiger partial charge in [-0.05, 0) is 36.4 Å². The number of ether oxygens (including phenoxy) is 3. The van der Waals surface area contributed by atoms with E-state index < -0.39 is 11.8 Å². The number of hydrogen-bond donors (Lipinski definition) is 2. The molecule has 0 atom stereocenters. The van der Waals surface area contributed by atoms with Gasteiger partial charge < -0.3 is 25.3 Å². The fourth-order valence-corrected chi connectivity index (χ4v) is 3.75. The molecule has 4 rings (SSSR count). The van der Waals surface area contributed by atoms with Gasteiger partial charge in [-0.15, -0.1) is 0 Å². The summed E-state index contributed by atoms with van der Waals surface area (Å²) >= 11 is 0. The number of carbonyl (C=O) groups is 2. The Hall–Kier alpha value is -4.46. The lowest BCUT2D eigenvalue weighted by atomic mass is 10.1. The van der Waals surface area contributed by atoms with Crippen LogP contribution >= 0.6 is 0 Å². The van der Waals surface area contributed by atoms with Crippen LogP contribution in [0, 0.1) is 0 Å². The van der Waals surface area contributed by atoms with Crippen LogP contribution in [0.15, 0.2) is 66.7 Å². The zero-order chi connectivity index (χ0) is 23.5. The molecule has 168 valence electrons. The number of fused-ring (bicyclic) bond motifs is 1. The maximum atomic E-state index is 13.5. The molecule has 1 amide bonds. The van der Waals surface area contributed by atoms with E-state index in [0.717, 1.165) is 0 Å². The van der Waals surface area contributed by atoms with Gasteiger partial charge in [0.2, 0.25) is 0 Å². The summed E-state index contributed by atoms with van der Waals surface area (Å²) in [6, 6.07) is 18.9. The molecular weight excluding hydrogens is 422 g/mol. The predicted octanol–water partition coefficient (Wildman–Crippen LogP) is 4.19. The van der Waals surface area contributed by atoms with Crippen LogP contribution in [-0.2, 0) is 0 Å². The summed E-state index contributed by atoms with van der Waals surface area (Å²) in [5.74, 6) is 0.592. The van der Waals surface area contributed by atoms with Crippen LogP contribution in [0.25, 0.3) is 10.9 Å². The fourth-order valence-electron chi connectivity index (χ4n) is 3.75. The topological polar surface area (TPSA) is 105 Å². The maximum Gasteiger partial charge on any atom is 0.264 e. The average molecular weight is 445 g/mol. The standard InChI is InChI=1S/C25H23N3O5/c1-31-19-11-7-5-9-17(19)27-24(29)22-16-8-4-6-10-18(16)28(23(22)26)25(30)15-12-13-20(32-2)21(14-15)33-3/h4-14H,26H2,1-3H3,(H,27,29). The molecule has 1 aromatic heterocycles. The minimum atomic E-state index is -0.452. The zero-order valence-electron chi connectivity index (χ0n) is 18.4. The van der Waals surface area contributed by atoms with Gasteiger partial charge in [0.25, 0.3) is 11.8 Å². The van der Waals surface area contributed by atoms with Crippen LogP contribution in [0.2, 0.25) is 0 Å². The number of nitrogens with one attached hydrogen (secondary N) is 1. The second kappa shape index (κ2) is 8.96. The summed E-state index contributed by atoms with van der Waals surface area (Å²) < 4.78 is 17.2. The second-order valence-corrected chi connectivity index (χ2v) is 7.14. The molecule has 8 heteroatoms. The average Bonchev–Trinajstić information content (AvgIpc) is 3.15. The number of amides is 1. The number of rotatable bonds is 6. The van der Waals surface area contributed by atoms with Crippen LogP contribution in [0.5, 0.6) is 17.2 Å². The van der Waals surface area contributed by atoms with E-state index in [9.17, 15) is 9.59 Å². The van der Waals surface area contributed by atoms with Crippen molar-refractivity contribution in [1.29, 1.82) is 0 Å². The molecule has 0 fully saturated rings. The van der Waals surface area contributed by atoms with Crippen LogP contribution in [0.1, 0.15) is 20.7 Å². The Morgan fingerprint density at radius 2 is 1.48 bits per heavy atom. The predicted molar refractivity (Wildman–Crippen MR) is 127 cm³/mol. The Labute approximate surface area is 190 Å². The summed E-state index contributed by atoms with van der Waals surface area (Å²) in [7, 11) is 4.53. The molecule has 8 nitrogen and oxygen atoms in total. The minimum absolute atomic E-state index is 0.0309. The van der Waals surface area contributed by atoms with Gasteiger partial charge in [0, 0.05) is 10.9 Å². The normalized spacial score (nSPS) is 10.6. The SMILES string of the molecule is COc1ccccc1NC(=O)c1c(N)n(C(=O)c2ccc(OC)c(OC)c2)c2ccccc12. The van der Waals surface area contributed by atoms with E-state index in [2.05, 4.69) is 5.32 Å². The number of hydrogen-bond acceptors (Lipinski definition) is 6. The highest BCUT2D eigenvalue weighted by Crippen LogP contribution is 2.33. The largest absolute Gasteiger partial charge is 0.495 e. The van der Waals surface area contributed by atoms with E-state index in [-0.39, 0.29) is 11.4 Å². The minimum Gasteiger partial charge on any atom is -0.495 e. The number of nitrogens with two attached hydrogens (primary N) is 1. The van der Waals surface area contributed by atoms with Crippen LogP contribution < -0.4 is 25.3 Å². The Bertz CT molecular complexity index is 1360. The number of nitrogen functional groups attached to an aromatic ring is 1.